The van der Waals surface area contributed by atoms with E-state index in [0.29, 0.717) is 25.7 Å². The van der Waals surface area contributed by atoms with Crippen LogP contribution >= 0.6 is 8.60 Å². The van der Waals surface area contributed by atoms with Crippen LogP contribution in [0.3, 0.4) is 0 Å². The number of ether oxygens (including phenoxy) is 1. The Morgan fingerprint density at radius 1 is 1.14 bits per heavy atom. The molecule has 0 atom stereocenters. The van der Waals surface area contributed by atoms with Gasteiger partial charge in [-0.25, -0.2) is 0 Å². The molecule has 0 amide bonds. The molecule has 1 fully saturated rings. The third-order valence-corrected chi connectivity index (χ3v) is 6.53. The number of hydrogen-bond acceptors (Lipinski definition) is 7. The molecular formula is C21H35N2O5P. The molecule has 1 N–H and O–H groups in total. The first kappa shape index (κ1) is 22.6. The SMILES string of the molecule is CCOP(OCC)OCC1CCN(c2cc3c(cc2NOC)CC(C)(C)O3)CC1. The van der Waals surface area contributed by atoms with Gasteiger partial charge < -0.3 is 23.2 Å². The summed E-state index contributed by atoms with van der Waals surface area (Å²) in [6.07, 6.45) is 3.04. The quantitative estimate of drug-likeness (QED) is 0.421. The van der Waals surface area contributed by atoms with Crippen molar-refractivity contribution < 1.29 is 23.1 Å². The van der Waals surface area contributed by atoms with Gasteiger partial charge in [-0.05, 0) is 52.5 Å². The maximum absolute atomic E-state index is 6.15. The van der Waals surface area contributed by atoms with Gasteiger partial charge >= 0.3 is 8.60 Å². The fourth-order valence-electron chi connectivity index (χ4n) is 3.92. The predicted octanol–water partition coefficient (Wildman–Crippen LogP) is 4.91. The van der Waals surface area contributed by atoms with Crippen molar-refractivity contribution >= 4 is 20.0 Å². The molecule has 2 aliphatic rings. The number of piperidine rings is 1. The molecule has 0 bridgehead atoms. The van der Waals surface area contributed by atoms with Gasteiger partial charge in [0.15, 0.2) is 0 Å². The minimum absolute atomic E-state index is 0.158. The van der Waals surface area contributed by atoms with E-state index in [4.69, 9.17) is 23.1 Å². The first-order valence-electron chi connectivity index (χ1n) is 10.5. The monoisotopic (exact) mass is 426 g/mol. The molecule has 7 nitrogen and oxygen atoms in total. The Kier molecular flexibility index (Phi) is 7.99. The maximum Gasteiger partial charge on any atom is 0.332 e. The zero-order valence-electron chi connectivity index (χ0n) is 18.3. The lowest BCUT2D eigenvalue weighted by Crippen LogP contribution is -2.35. The van der Waals surface area contributed by atoms with Crippen molar-refractivity contribution in [3.8, 4) is 5.75 Å². The lowest BCUT2D eigenvalue weighted by Gasteiger charge is -2.35. The van der Waals surface area contributed by atoms with E-state index in [9.17, 15) is 0 Å². The van der Waals surface area contributed by atoms with Gasteiger partial charge in [0, 0.05) is 31.1 Å². The van der Waals surface area contributed by atoms with Crippen LogP contribution in [0.1, 0.15) is 46.1 Å². The van der Waals surface area contributed by atoms with Crippen molar-refractivity contribution in [2.75, 3.05) is 50.4 Å². The summed E-state index contributed by atoms with van der Waals surface area (Å²) in [5, 5.41) is 0. The van der Waals surface area contributed by atoms with Crippen LogP contribution in [0.25, 0.3) is 0 Å². The Balaban J connectivity index is 1.60. The van der Waals surface area contributed by atoms with Crippen LogP contribution in [0.15, 0.2) is 12.1 Å². The van der Waals surface area contributed by atoms with E-state index >= 15 is 0 Å². The smallest absolute Gasteiger partial charge is 0.332 e. The molecule has 0 aromatic heterocycles. The third kappa shape index (κ3) is 5.96. The summed E-state index contributed by atoms with van der Waals surface area (Å²) >= 11 is 0. The first-order chi connectivity index (χ1) is 14.0. The van der Waals surface area contributed by atoms with E-state index in [1.54, 1.807) is 7.11 Å². The topological polar surface area (TPSA) is 61.4 Å². The normalized spacial score (nSPS) is 18.8. The Hall–Kier alpha value is -1.11. The second-order valence-corrected chi connectivity index (χ2v) is 9.33. The predicted molar refractivity (Wildman–Crippen MR) is 117 cm³/mol. The number of rotatable bonds is 10. The van der Waals surface area contributed by atoms with E-state index in [1.807, 2.05) is 13.8 Å². The Morgan fingerprint density at radius 3 is 2.45 bits per heavy atom. The van der Waals surface area contributed by atoms with Crippen LogP contribution in [0.4, 0.5) is 11.4 Å². The Labute approximate surface area is 175 Å². The van der Waals surface area contributed by atoms with Gasteiger partial charge in [-0.15, -0.1) is 0 Å². The summed E-state index contributed by atoms with van der Waals surface area (Å²) in [5.74, 6) is 1.50. The summed E-state index contributed by atoms with van der Waals surface area (Å²) in [6, 6.07) is 4.32. The van der Waals surface area contributed by atoms with Gasteiger partial charge in [0.25, 0.3) is 0 Å². The summed E-state index contributed by atoms with van der Waals surface area (Å²) in [6.45, 7) is 12.0. The number of nitrogens with one attached hydrogen (secondary N) is 1. The van der Waals surface area contributed by atoms with E-state index in [0.717, 1.165) is 49.5 Å². The van der Waals surface area contributed by atoms with Crippen molar-refractivity contribution in [2.24, 2.45) is 5.92 Å². The number of nitrogens with zero attached hydrogens (tertiary/aromatic N) is 1. The van der Waals surface area contributed by atoms with E-state index < -0.39 is 8.60 Å². The van der Waals surface area contributed by atoms with Crippen molar-refractivity contribution in [1.29, 1.82) is 0 Å². The third-order valence-electron chi connectivity index (χ3n) is 5.23. The molecule has 0 unspecified atom stereocenters. The second-order valence-electron chi connectivity index (χ2n) is 8.11. The minimum Gasteiger partial charge on any atom is -0.487 e. The summed E-state index contributed by atoms with van der Waals surface area (Å²) in [5.41, 5.74) is 6.26. The van der Waals surface area contributed by atoms with Gasteiger partial charge in [0.1, 0.15) is 11.4 Å². The fourth-order valence-corrected chi connectivity index (χ4v) is 4.90. The lowest BCUT2D eigenvalue weighted by molar-refractivity contribution is 0.138. The highest BCUT2D eigenvalue weighted by atomic mass is 31.2. The number of fused-ring (bicyclic) bond motifs is 1. The molecule has 0 aliphatic carbocycles. The van der Waals surface area contributed by atoms with Gasteiger partial charge in [-0.2, -0.15) is 0 Å². The standard InChI is InChI=1S/C21H35N2O5P/c1-6-25-29(26-7-2)27-15-16-8-10-23(11-9-16)19-13-20-17(12-18(19)22-24-5)14-21(3,4)28-20/h12-13,16,22H,6-11,14-15H2,1-5H3. The molecule has 1 saturated heterocycles. The minimum atomic E-state index is -1.22. The highest BCUT2D eigenvalue weighted by Gasteiger charge is 2.32. The summed E-state index contributed by atoms with van der Waals surface area (Å²) in [7, 11) is 0.429. The average Bonchev–Trinajstić information content (AvgIpc) is 2.99. The molecule has 1 aromatic carbocycles. The largest absolute Gasteiger partial charge is 0.487 e. The van der Waals surface area contributed by atoms with Crippen LogP contribution in [0.5, 0.6) is 5.75 Å². The molecule has 8 heteroatoms. The van der Waals surface area contributed by atoms with Crippen LogP contribution in [-0.4, -0.2) is 45.6 Å². The van der Waals surface area contributed by atoms with Crippen LogP contribution in [0, 0.1) is 5.92 Å². The summed E-state index contributed by atoms with van der Waals surface area (Å²) in [4.78, 5) is 7.64. The molecule has 3 rings (SSSR count). The zero-order chi connectivity index (χ0) is 20.9. The van der Waals surface area contributed by atoms with Crippen molar-refractivity contribution in [3.05, 3.63) is 17.7 Å². The van der Waals surface area contributed by atoms with Gasteiger partial charge in [-0.3, -0.25) is 10.3 Å². The lowest BCUT2D eigenvalue weighted by atomic mass is 9.96. The highest BCUT2D eigenvalue weighted by Crippen LogP contribution is 2.43. The van der Waals surface area contributed by atoms with E-state index in [1.165, 1.54) is 5.56 Å². The van der Waals surface area contributed by atoms with Gasteiger partial charge in [0.2, 0.25) is 0 Å². The molecule has 0 saturated carbocycles. The molecular weight excluding hydrogens is 391 g/mol. The zero-order valence-corrected chi connectivity index (χ0v) is 19.2. The Morgan fingerprint density at radius 2 is 1.83 bits per heavy atom. The number of benzene rings is 1. The Bertz CT molecular complexity index is 659. The molecule has 0 spiro atoms. The molecule has 164 valence electrons. The van der Waals surface area contributed by atoms with E-state index in [2.05, 4.69) is 36.4 Å². The van der Waals surface area contributed by atoms with Crippen LogP contribution in [0.2, 0.25) is 0 Å². The molecule has 1 aromatic rings. The second kappa shape index (κ2) is 10.3. The first-order valence-corrected chi connectivity index (χ1v) is 11.6. The van der Waals surface area contributed by atoms with Crippen molar-refractivity contribution in [1.82, 2.24) is 0 Å². The molecule has 2 aliphatic heterocycles. The highest BCUT2D eigenvalue weighted by molar-refractivity contribution is 7.41. The molecule has 29 heavy (non-hydrogen) atoms. The van der Waals surface area contributed by atoms with Crippen molar-refractivity contribution in [2.45, 2.75) is 52.6 Å². The van der Waals surface area contributed by atoms with E-state index in [-0.39, 0.29) is 5.60 Å². The number of anilines is 2. The molecule has 0 radical (unpaired) electrons. The average molecular weight is 426 g/mol. The van der Waals surface area contributed by atoms with Gasteiger partial charge in [-0.1, -0.05) is 0 Å². The summed E-state index contributed by atoms with van der Waals surface area (Å²) < 4.78 is 23.1. The fraction of sp³-hybridized carbons (Fsp3) is 0.714. The number of hydrogen-bond donors (Lipinski definition) is 1. The van der Waals surface area contributed by atoms with Crippen LogP contribution in [-0.2, 0) is 24.8 Å². The maximum atomic E-state index is 6.15. The van der Waals surface area contributed by atoms with Crippen LogP contribution < -0.4 is 15.1 Å². The van der Waals surface area contributed by atoms with Gasteiger partial charge in [0.05, 0.1) is 38.3 Å². The molecule has 2 heterocycles. The van der Waals surface area contributed by atoms with Crippen molar-refractivity contribution in [3.63, 3.8) is 0 Å².